The minimum atomic E-state index is -0.264. The number of hydrogen-bond acceptors (Lipinski definition) is 3. The van der Waals surface area contributed by atoms with Crippen LogP contribution in [0.1, 0.15) is 35.3 Å². The molecule has 1 saturated heterocycles. The van der Waals surface area contributed by atoms with Crippen molar-refractivity contribution in [3.8, 4) is 0 Å². The van der Waals surface area contributed by atoms with Crippen molar-refractivity contribution in [2.24, 2.45) is 7.05 Å². The number of hydrogen-bond donors (Lipinski definition) is 1. The van der Waals surface area contributed by atoms with Crippen molar-refractivity contribution in [2.45, 2.75) is 32.2 Å². The van der Waals surface area contributed by atoms with Crippen molar-refractivity contribution >= 4 is 5.91 Å². The van der Waals surface area contributed by atoms with E-state index in [2.05, 4.69) is 0 Å². The second-order valence-corrected chi connectivity index (χ2v) is 5.13. The molecule has 0 aliphatic carbocycles. The Bertz CT molecular complexity index is 536. The van der Waals surface area contributed by atoms with Gasteiger partial charge >= 0.3 is 0 Å². The van der Waals surface area contributed by atoms with Gasteiger partial charge in [0.2, 0.25) is 0 Å². The fraction of sp³-hybridized carbons (Fsp3) is 0.571. The van der Waals surface area contributed by atoms with Crippen molar-refractivity contribution in [1.29, 1.82) is 0 Å². The number of aryl methyl sites for hydroxylation is 2. The summed E-state index contributed by atoms with van der Waals surface area (Å²) in [7, 11) is 1.81. The minimum Gasteiger partial charge on any atom is -0.394 e. The summed E-state index contributed by atoms with van der Waals surface area (Å²) in [4.78, 5) is 26.0. The van der Waals surface area contributed by atoms with Crippen molar-refractivity contribution in [1.82, 2.24) is 9.47 Å². The second kappa shape index (κ2) is 5.57. The van der Waals surface area contributed by atoms with E-state index >= 15 is 0 Å². The first-order chi connectivity index (χ1) is 9.04. The average molecular weight is 264 g/mol. The summed E-state index contributed by atoms with van der Waals surface area (Å²) in [6.07, 6.45) is 4.33. The second-order valence-electron chi connectivity index (χ2n) is 5.13. The standard InChI is InChI=1S/C14H20N2O3/c1-10-7-13(18)12(8-15(10)2)14(19)16-6-4-3-5-11(16)9-17/h7-8,11,17H,3-6,9H2,1-2H3. The molecular formula is C14H20N2O3. The van der Waals surface area contributed by atoms with Gasteiger partial charge in [0.05, 0.1) is 12.6 Å². The monoisotopic (exact) mass is 264 g/mol. The van der Waals surface area contributed by atoms with Gasteiger partial charge in [-0.05, 0) is 26.2 Å². The summed E-state index contributed by atoms with van der Waals surface area (Å²) in [6.45, 7) is 2.39. The number of carbonyl (C=O) groups excluding carboxylic acids is 1. The summed E-state index contributed by atoms with van der Waals surface area (Å²) in [5.74, 6) is -0.264. The lowest BCUT2D eigenvalue weighted by Gasteiger charge is -2.34. The molecule has 2 rings (SSSR count). The van der Waals surface area contributed by atoms with E-state index < -0.39 is 0 Å². The van der Waals surface area contributed by atoms with Crippen LogP contribution in [0.15, 0.2) is 17.1 Å². The van der Waals surface area contributed by atoms with Crippen molar-refractivity contribution < 1.29 is 9.90 Å². The molecule has 0 saturated carbocycles. The third-order valence-corrected chi connectivity index (χ3v) is 3.81. The molecule has 1 aliphatic rings. The molecule has 1 amide bonds. The molecule has 0 radical (unpaired) electrons. The van der Waals surface area contributed by atoms with Gasteiger partial charge in [0.25, 0.3) is 5.91 Å². The van der Waals surface area contributed by atoms with Crippen LogP contribution in [0.5, 0.6) is 0 Å². The summed E-state index contributed by atoms with van der Waals surface area (Å²) in [6, 6.07) is 1.32. The van der Waals surface area contributed by atoms with Gasteiger partial charge in [-0.15, -0.1) is 0 Å². The lowest BCUT2D eigenvalue weighted by Crippen LogP contribution is -2.47. The highest BCUT2D eigenvalue weighted by Gasteiger charge is 2.28. The maximum absolute atomic E-state index is 12.5. The lowest BCUT2D eigenvalue weighted by atomic mass is 10.0. The van der Waals surface area contributed by atoms with Crippen LogP contribution in [-0.2, 0) is 7.05 Å². The Morgan fingerprint density at radius 2 is 2.21 bits per heavy atom. The number of likely N-dealkylation sites (tertiary alicyclic amines) is 1. The Balaban J connectivity index is 2.33. The number of piperidine rings is 1. The predicted octanol–water partition coefficient (Wildman–Crippen LogP) is 0.681. The molecule has 5 heteroatoms. The number of aliphatic hydroxyl groups is 1. The highest BCUT2D eigenvalue weighted by atomic mass is 16.3. The normalized spacial score (nSPS) is 19.5. The van der Waals surface area contributed by atoms with Crippen LogP contribution in [0.4, 0.5) is 0 Å². The van der Waals surface area contributed by atoms with E-state index in [-0.39, 0.29) is 29.5 Å². The number of amides is 1. The van der Waals surface area contributed by atoms with Crippen molar-refractivity contribution in [2.75, 3.05) is 13.2 Å². The van der Waals surface area contributed by atoms with Crippen LogP contribution in [-0.4, -0.2) is 39.7 Å². The molecule has 0 aromatic carbocycles. The number of aliphatic hydroxyl groups excluding tert-OH is 1. The van der Waals surface area contributed by atoms with Crippen molar-refractivity contribution in [3.63, 3.8) is 0 Å². The van der Waals surface area contributed by atoms with E-state index in [1.807, 2.05) is 14.0 Å². The topological polar surface area (TPSA) is 62.5 Å². The van der Waals surface area contributed by atoms with Gasteiger partial charge in [0.15, 0.2) is 5.43 Å². The minimum absolute atomic E-state index is 0.0437. The van der Waals surface area contributed by atoms with E-state index in [0.717, 1.165) is 25.0 Å². The van der Waals surface area contributed by atoms with Gasteiger partial charge in [-0.2, -0.15) is 0 Å². The van der Waals surface area contributed by atoms with Crippen LogP contribution >= 0.6 is 0 Å². The molecule has 1 atom stereocenters. The first-order valence-electron chi connectivity index (χ1n) is 6.63. The summed E-state index contributed by atoms with van der Waals surface area (Å²) >= 11 is 0. The summed E-state index contributed by atoms with van der Waals surface area (Å²) in [5, 5.41) is 9.35. The molecule has 0 bridgehead atoms. The van der Waals surface area contributed by atoms with Gasteiger partial charge in [-0.3, -0.25) is 9.59 Å². The Hall–Kier alpha value is -1.62. The average Bonchev–Trinajstić information content (AvgIpc) is 2.42. The van der Waals surface area contributed by atoms with Gasteiger partial charge in [-0.25, -0.2) is 0 Å². The quantitative estimate of drug-likeness (QED) is 0.854. The number of aromatic nitrogens is 1. The molecule has 5 nitrogen and oxygen atoms in total. The third-order valence-electron chi connectivity index (χ3n) is 3.81. The van der Waals surface area contributed by atoms with E-state index in [0.29, 0.717) is 6.54 Å². The highest BCUT2D eigenvalue weighted by molar-refractivity contribution is 5.94. The van der Waals surface area contributed by atoms with E-state index in [9.17, 15) is 14.7 Å². The fourth-order valence-electron chi connectivity index (χ4n) is 2.50. The molecule has 1 unspecified atom stereocenters. The van der Waals surface area contributed by atoms with Crippen LogP contribution in [0.3, 0.4) is 0 Å². The van der Waals surface area contributed by atoms with E-state index in [4.69, 9.17) is 0 Å². The molecular weight excluding hydrogens is 244 g/mol. The Morgan fingerprint density at radius 3 is 2.89 bits per heavy atom. The maximum Gasteiger partial charge on any atom is 0.259 e. The van der Waals surface area contributed by atoms with Crippen LogP contribution < -0.4 is 5.43 Å². The number of nitrogens with zero attached hydrogens (tertiary/aromatic N) is 2. The zero-order valence-corrected chi connectivity index (χ0v) is 11.4. The zero-order chi connectivity index (χ0) is 14.0. The van der Waals surface area contributed by atoms with Crippen LogP contribution in [0, 0.1) is 6.92 Å². The maximum atomic E-state index is 12.5. The fourth-order valence-corrected chi connectivity index (χ4v) is 2.50. The highest BCUT2D eigenvalue weighted by Crippen LogP contribution is 2.18. The van der Waals surface area contributed by atoms with Crippen LogP contribution in [0.2, 0.25) is 0 Å². The molecule has 1 fully saturated rings. The first kappa shape index (κ1) is 13.8. The first-order valence-corrected chi connectivity index (χ1v) is 6.63. The summed E-state index contributed by atoms with van der Waals surface area (Å²) < 4.78 is 1.77. The lowest BCUT2D eigenvalue weighted by molar-refractivity contribution is 0.0501. The molecule has 1 N–H and O–H groups in total. The SMILES string of the molecule is Cc1cc(=O)c(C(=O)N2CCCCC2CO)cn1C. The number of rotatable bonds is 2. The molecule has 104 valence electrons. The number of pyridine rings is 1. The Labute approximate surface area is 112 Å². The van der Waals surface area contributed by atoms with Gasteiger partial charge < -0.3 is 14.6 Å². The van der Waals surface area contributed by atoms with Gasteiger partial charge in [0.1, 0.15) is 5.56 Å². The molecule has 1 aliphatic heterocycles. The largest absolute Gasteiger partial charge is 0.394 e. The molecule has 2 heterocycles. The molecule has 19 heavy (non-hydrogen) atoms. The number of carbonyl (C=O) groups is 1. The Kier molecular flexibility index (Phi) is 4.04. The van der Waals surface area contributed by atoms with E-state index in [1.165, 1.54) is 6.07 Å². The van der Waals surface area contributed by atoms with Gasteiger partial charge in [0, 0.05) is 31.5 Å². The predicted molar refractivity (Wildman–Crippen MR) is 72.2 cm³/mol. The smallest absolute Gasteiger partial charge is 0.259 e. The van der Waals surface area contributed by atoms with E-state index in [1.54, 1.807) is 15.7 Å². The Morgan fingerprint density at radius 1 is 1.47 bits per heavy atom. The van der Waals surface area contributed by atoms with Crippen molar-refractivity contribution in [3.05, 3.63) is 33.7 Å². The molecule has 1 aromatic heterocycles. The molecule has 0 spiro atoms. The van der Waals surface area contributed by atoms with Gasteiger partial charge in [-0.1, -0.05) is 0 Å². The van der Waals surface area contributed by atoms with Crippen LogP contribution in [0.25, 0.3) is 0 Å². The molecule has 1 aromatic rings. The third kappa shape index (κ3) is 2.71. The zero-order valence-electron chi connectivity index (χ0n) is 11.4. The summed E-state index contributed by atoms with van der Waals surface area (Å²) in [5.41, 5.74) is 0.759.